The van der Waals surface area contributed by atoms with Gasteiger partial charge in [0.15, 0.2) is 46.5 Å². The summed E-state index contributed by atoms with van der Waals surface area (Å²) in [7, 11) is 1.58. The molecule has 0 unspecified atom stereocenters. The highest BCUT2D eigenvalue weighted by Gasteiger charge is 2.54. The highest BCUT2D eigenvalue weighted by molar-refractivity contribution is 7.99. The highest BCUT2D eigenvalue weighted by Crippen LogP contribution is 2.51. The molecule has 0 radical (unpaired) electrons. The van der Waals surface area contributed by atoms with Crippen molar-refractivity contribution in [2.45, 2.75) is 96.1 Å². The molecule has 0 saturated heterocycles. The molecule has 1 aliphatic rings. The van der Waals surface area contributed by atoms with Gasteiger partial charge in [0.2, 0.25) is 0 Å². The van der Waals surface area contributed by atoms with Gasteiger partial charge in [0, 0.05) is 98.6 Å². The van der Waals surface area contributed by atoms with Gasteiger partial charge in [-0.1, -0.05) is 146 Å². The van der Waals surface area contributed by atoms with E-state index in [1.807, 2.05) is 158 Å². The summed E-state index contributed by atoms with van der Waals surface area (Å²) in [6.45, 7) is 5.05. The Labute approximate surface area is 867 Å². The lowest BCUT2D eigenvalue weighted by Gasteiger charge is -2.38. The second kappa shape index (κ2) is 48.3. The third kappa shape index (κ3) is 25.8. The molecule has 31 N–H and O–H groups in total. The van der Waals surface area contributed by atoms with Crippen molar-refractivity contribution >= 4 is 125 Å². The summed E-state index contributed by atoms with van der Waals surface area (Å²) in [5.41, 5.74) is 86.5. The van der Waals surface area contributed by atoms with Crippen LogP contribution in [0.4, 0.5) is 128 Å². The number of aliphatic hydroxyl groups excluding tert-OH is 1. The molecule has 20 nitrogen and oxygen atoms in total. The van der Waals surface area contributed by atoms with E-state index in [0.29, 0.717) is 45.6 Å². The zero-order valence-corrected chi connectivity index (χ0v) is 83.2. The third-order valence-corrected chi connectivity index (χ3v) is 27.1. The number of fused-ring (bicyclic) bond motifs is 2. The molecule has 0 atom stereocenters. The lowest BCUT2D eigenvalue weighted by molar-refractivity contribution is -0.173. The van der Waals surface area contributed by atoms with Crippen molar-refractivity contribution in [1.29, 1.82) is 0 Å². The number of anilines is 14. The quantitative estimate of drug-likeness (QED) is 0.0174. The van der Waals surface area contributed by atoms with Crippen molar-refractivity contribution in [3.8, 4) is 73.6 Å². The average molecular weight is 2080 g/mol. The van der Waals surface area contributed by atoms with Crippen LogP contribution in [0.5, 0.6) is 40.2 Å². The number of benzene rings is 18. The number of halogens is 11. The van der Waals surface area contributed by atoms with Crippen LogP contribution in [-0.4, -0.2) is 28.6 Å². The minimum atomic E-state index is -4.64. The molecule has 0 spiro atoms. The SMILES string of the molecule is CC(c1ccc(O)c(N)c1)(c1ccc(O)c(N)c1)C(F)(F)F.COc1cc(-c2ccc(N)c(CO)c2)ccc1N.Cc1cc(-c2cc(C)c(N)c3ccccc23)c2ccccc2c1N.Nc1c(F)c(F)c(-c2c(F)c(F)c(N)c(F)c2F)c(F)c1F.Nc1ccc(C2(c3ccc(N)cc3)CCCCC2)cc1.Nc1ccc(Oc2cccc(Oc3ccc(N)cc3)c2)cc1.Nc1ccc(Sc2ccc(Sc3ccc(N)cc3)cc2)cc1. The fraction of sp³-hybridized carbons (Fsp3) is 0.111. The molecule has 150 heavy (non-hydrogen) atoms. The van der Waals surface area contributed by atoms with E-state index in [4.69, 9.17) is 94.5 Å². The normalized spacial score (nSPS) is 11.9. The molecule has 1 saturated carbocycles. The average Bonchev–Trinajstić information content (AvgIpc) is 0.763. The van der Waals surface area contributed by atoms with Crippen LogP contribution in [0.1, 0.15) is 78.0 Å². The van der Waals surface area contributed by atoms with Crippen LogP contribution in [0, 0.1) is 60.4 Å². The summed E-state index contributed by atoms with van der Waals surface area (Å²) in [5, 5.41) is 32.6. The number of ether oxygens (including phenoxy) is 3. The molecule has 0 bridgehead atoms. The zero-order valence-electron chi connectivity index (χ0n) is 81.5. The summed E-state index contributed by atoms with van der Waals surface area (Å²) in [4.78, 5) is 4.80. The number of aliphatic hydroxyl groups is 1. The molecule has 18 aromatic rings. The minimum Gasteiger partial charge on any atom is -0.506 e. The number of rotatable bonds is 17. The molecule has 0 amide bonds. The maximum Gasteiger partial charge on any atom is 0.402 e. The molecule has 1 fully saturated rings. The molecular formula is C117H109F11N14O6S2. The van der Waals surface area contributed by atoms with Crippen LogP contribution in [-0.2, 0) is 17.4 Å². The maximum atomic E-state index is 13.7. The number of aryl methyl sites for hydroxylation is 2. The molecule has 0 aliphatic heterocycles. The second-order valence-corrected chi connectivity index (χ2v) is 37.5. The van der Waals surface area contributed by atoms with E-state index in [0.717, 1.165) is 122 Å². The molecule has 19 rings (SSSR count). The highest BCUT2D eigenvalue weighted by atomic mass is 32.2. The first-order chi connectivity index (χ1) is 71.5. The molecule has 772 valence electrons. The Morgan fingerprint density at radius 2 is 0.647 bits per heavy atom. The number of alkyl halides is 3. The fourth-order valence-electron chi connectivity index (χ4n) is 16.7. The van der Waals surface area contributed by atoms with E-state index in [1.54, 1.807) is 67.0 Å². The lowest BCUT2D eigenvalue weighted by Crippen LogP contribution is -2.40. The summed E-state index contributed by atoms with van der Waals surface area (Å²) < 4.78 is 166. The minimum absolute atomic E-state index is 0.0776. The van der Waals surface area contributed by atoms with Gasteiger partial charge < -0.3 is 110 Å². The monoisotopic (exact) mass is 2080 g/mol. The Hall–Kier alpha value is -17.4. The van der Waals surface area contributed by atoms with Gasteiger partial charge in [0.25, 0.3) is 0 Å². The van der Waals surface area contributed by atoms with E-state index in [9.17, 15) is 63.6 Å². The predicted octanol–water partition coefficient (Wildman–Crippen LogP) is 27.9. The first kappa shape index (κ1) is 110. The summed E-state index contributed by atoms with van der Waals surface area (Å²) >= 11 is 3.46. The number of phenolic OH excluding ortho intramolecular Hbond substituents is 2. The van der Waals surface area contributed by atoms with Crippen LogP contribution in [0.2, 0.25) is 0 Å². The third-order valence-electron chi connectivity index (χ3n) is 25.1. The van der Waals surface area contributed by atoms with Crippen molar-refractivity contribution in [2.75, 3.05) is 87.4 Å². The Bertz CT molecular complexity index is 7330. The van der Waals surface area contributed by atoms with Gasteiger partial charge in [0.1, 0.15) is 57.0 Å². The van der Waals surface area contributed by atoms with Gasteiger partial charge in [-0.05, 0) is 318 Å². The van der Waals surface area contributed by atoms with Crippen LogP contribution in [0.25, 0.3) is 54.9 Å². The number of aromatic hydroxyl groups is 2. The topological polar surface area (TPSA) is 453 Å². The summed E-state index contributed by atoms with van der Waals surface area (Å²) in [5.74, 6) is -15.1. The fourth-order valence-corrected chi connectivity index (χ4v) is 18.3. The Balaban J connectivity index is 0.000000146. The van der Waals surface area contributed by atoms with Gasteiger partial charge in [-0.15, -0.1) is 0 Å². The Kier molecular flexibility index (Phi) is 35.3. The van der Waals surface area contributed by atoms with E-state index in [2.05, 4.69) is 111 Å². The zero-order chi connectivity index (χ0) is 108. The molecular weight excluding hydrogens is 1970 g/mol. The van der Waals surface area contributed by atoms with Crippen LogP contribution < -0.4 is 94.5 Å². The van der Waals surface area contributed by atoms with Crippen molar-refractivity contribution in [1.82, 2.24) is 0 Å². The Morgan fingerprint density at radius 1 is 0.320 bits per heavy atom. The molecule has 1 aliphatic carbocycles. The second-order valence-electron chi connectivity index (χ2n) is 35.2. The number of nitrogens with two attached hydrogens (primary N) is 14. The number of hydrogen-bond donors (Lipinski definition) is 17. The Morgan fingerprint density at radius 3 is 0.987 bits per heavy atom. The molecule has 0 heterocycles. The molecule has 33 heteroatoms. The number of nitrogen functional groups attached to an aromatic ring is 14. The largest absolute Gasteiger partial charge is 0.506 e. The van der Waals surface area contributed by atoms with Crippen molar-refractivity contribution in [3.05, 3.63) is 413 Å². The van der Waals surface area contributed by atoms with E-state index in [1.165, 1.54) is 84.7 Å². The lowest BCUT2D eigenvalue weighted by atomic mass is 9.65. The summed E-state index contributed by atoms with van der Waals surface area (Å²) in [6.07, 6.45) is 1.69. The van der Waals surface area contributed by atoms with Gasteiger partial charge in [0.05, 0.1) is 41.9 Å². The predicted molar refractivity (Wildman–Crippen MR) is 587 cm³/mol. The van der Waals surface area contributed by atoms with E-state index >= 15 is 0 Å². The summed E-state index contributed by atoms with van der Waals surface area (Å²) in [6, 6.07) is 102. The van der Waals surface area contributed by atoms with Gasteiger partial charge in [-0.2, -0.15) is 13.2 Å². The van der Waals surface area contributed by atoms with Gasteiger partial charge in [-0.3, -0.25) is 0 Å². The maximum absolute atomic E-state index is 13.7. The smallest absolute Gasteiger partial charge is 0.402 e. The first-order valence-corrected chi connectivity index (χ1v) is 48.2. The van der Waals surface area contributed by atoms with Gasteiger partial charge >= 0.3 is 6.18 Å². The molecule has 0 aromatic heterocycles. The first-order valence-electron chi connectivity index (χ1n) is 46.5. The number of methoxy groups -OCH3 is 1. The van der Waals surface area contributed by atoms with E-state index in [-0.39, 0.29) is 46.0 Å². The van der Waals surface area contributed by atoms with Crippen LogP contribution in [0.3, 0.4) is 0 Å². The number of phenols is 2. The standard InChI is InChI=1S/C22H20N2.C18H16N2O2.C18H16N2S2.C18H22N2.C15H15F3N2O2.C14H16N2O2.C12H4F8N2/c1-13-11-19(15-7-3-5-9-17(15)21(13)23)20-12-14(2)22(24)18-10-6-4-8-16(18)20;19-13-4-8-15(9-5-13)21-17-2-1-3-18(12-17)22-16-10-6-14(20)7-11-16;19-13-1-5-15(6-2-13)21-17-9-11-18(12-10-17)22-16-7-3-14(20)4-8-16;19-16-8-4-14(5-9-16)18(12-2-1-3-13-18)15-6-10-17(20)11-7-15;1-14(15(16,17)18,8-2-4-12(21)10(19)6-8)9-3-5-13(22)11(20)7-9;1-18-14-7-10(3-5-13(14)16)9-2-4-12(15)11(6-9)8-17;13-3-1(4(14)8(18)11(21)7(3)17)2-5(15)9(19)12(22)10(20)6(2)16/h3-12H,23-24H2,1-2H3;2*1-12H,19-20H2;4-11H,1-3,12-13,19-20H2;2-7,21-22H,19-20H2,1H3;2-7,17H,8,15-16H2,1H3;21-22H2. The van der Waals surface area contributed by atoms with Gasteiger partial charge in [-0.25, -0.2) is 35.1 Å². The van der Waals surface area contributed by atoms with E-state index < -0.39 is 80.6 Å². The number of hydrogen-bond acceptors (Lipinski definition) is 22. The van der Waals surface area contributed by atoms with Crippen molar-refractivity contribution in [3.63, 3.8) is 0 Å². The van der Waals surface area contributed by atoms with Crippen LogP contribution >= 0.6 is 23.5 Å². The van der Waals surface area contributed by atoms with Crippen molar-refractivity contribution < 1.29 is 77.8 Å². The van der Waals surface area contributed by atoms with Crippen LogP contribution in [0.15, 0.2) is 347 Å². The van der Waals surface area contributed by atoms with Crippen molar-refractivity contribution in [2.24, 2.45) is 0 Å². The molecule has 18 aromatic carbocycles.